The van der Waals surface area contributed by atoms with Gasteiger partial charge in [-0.25, -0.2) is 15.0 Å². The number of carbonyl (C=O) groups is 2. The van der Waals surface area contributed by atoms with Crippen molar-refractivity contribution in [2.75, 3.05) is 36.5 Å². The monoisotopic (exact) mass is 646 g/mol. The number of nitrogens with zero attached hydrogens (tertiary/aromatic N) is 5. The highest BCUT2D eigenvalue weighted by Gasteiger charge is 2.35. The molecule has 2 aliphatic heterocycles. The van der Waals surface area contributed by atoms with Gasteiger partial charge in [-0.05, 0) is 63.3 Å². The largest absolute Gasteiger partial charge is 0.493 e. The van der Waals surface area contributed by atoms with Crippen LogP contribution < -0.4 is 15.0 Å². The van der Waals surface area contributed by atoms with Crippen LogP contribution in [-0.4, -0.2) is 69.1 Å². The van der Waals surface area contributed by atoms with E-state index in [1.807, 2.05) is 11.8 Å². The van der Waals surface area contributed by atoms with Crippen LogP contribution in [0.25, 0.3) is 11.3 Å². The van der Waals surface area contributed by atoms with Gasteiger partial charge in [-0.2, -0.15) is 13.2 Å². The van der Waals surface area contributed by atoms with E-state index in [0.29, 0.717) is 62.0 Å². The number of hydrogen-bond donors (Lipinski definition) is 2. The van der Waals surface area contributed by atoms with Crippen LogP contribution in [0.3, 0.4) is 0 Å². The summed E-state index contributed by atoms with van der Waals surface area (Å²) in [6.45, 7) is 6.56. The zero-order valence-electron chi connectivity index (χ0n) is 25.3. The molecule has 0 unspecified atom stereocenters. The average molecular weight is 647 g/mol. The second-order valence-corrected chi connectivity index (χ2v) is 12.4. The number of rotatable bonds is 11. The fourth-order valence-corrected chi connectivity index (χ4v) is 6.85. The van der Waals surface area contributed by atoms with Crippen LogP contribution in [0.5, 0.6) is 5.75 Å². The molecule has 0 bridgehead atoms. The number of benzene rings is 1. The van der Waals surface area contributed by atoms with Gasteiger partial charge in [-0.1, -0.05) is 25.2 Å². The number of carboxylic acid groups (broad SMARTS) is 1. The lowest BCUT2D eigenvalue weighted by Crippen LogP contribution is -2.36. The highest BCUT2D eigenvalue weighted by Crippen LogP contribution is 2.41. The molecule has 2 aromatic heterocycles. The van der Waals surface area contributed by atoms with Crippen molar-refractivity contribution >= 4 is 34.2 Å². The van der Waals surface area contributed by atoms with E-state index < -0.39 is 23.6 Å². The van der Waals surface area contributed by atoms with Gasteiger partial charge >= 0.3 is 12.1 Å². The zero-order chi connectivity index (χ0) is 32.1. The number of anilines is 2. The third-order valence-corrected chi connectivity index (χ3v) is 9.25. The molecule has 1 amide bonds. The van der Waals surface area contributed by atoms with Gasteiger partial charge < -0.3 is 14.7 Å². The Balaban J connectivity index is 1.38. The normalized spacial score (nSPS) is 17.9. The molecule has 0 radical (unpaired) electrons. The maximum atomic E-state index is 14.1. The number of carboxylic acids is 1. The van der Waals surface area contributed by atoms with Gasteiger partial charge in [0.05, 0.1) is 36.2 Å². The molecule has 0 saturated carbocycles. The van der Waals surface area contributed by atoms with Gasteiger partial charge in [0.1, 0.15) is 17.3 Å². The van der Waals surface area contributed by atoms with Gasteiger partial charge in [0.2, 0.25) is 0 Å². The van der Waals surface area contributed by atoms with Crippen LogP contribution in [0, 0.1) is 5.92 Å². The molecule has 2 N–H and O–H groups in total. The summed E-state index contributed by atoms with van der Waals surface area (Å²) in [5.41, 5.74) is -0.134. The van der Waals surface area contributed by atoms with Crippen LogP contribution in [0.4, 0.5) is 24.1 Å². The molecular weight excluding hydrogens is 609 g/mol. The Bertz CT molecular complexity index is 1490. The van der Waals surface area contributed by atoms with Gasteiger partial charge in [0.25, 0.3) is 5.91 Å². The summed E-state index contributed by atoms with van der Waals surface area (Å²) in [6.07, 6.45) is 2.86. The number of thiazole rings is 1. The number of carbonyl (C=O) groups excluding carboxylic acids is 1. The molecule has 1 aromatic carbocycles. The Kier molecular flexibility index (Phi) is 10.2. The van der Waals surface area contributed by atoms with Gasteiger partial charge in [-0.3, -0.25) is 19.8 Å². The van der Waals surface area contributed by atoms with E-state index in [0.717, 1.165) is 36.8 Å². The van der Waals surface area contributed by atoms with Gasteiger partial charge in [0, 0.05) is 36.1 Å². The molecule has 3 aromatic rings. The predicted octanol–water partition coefficient (Wildman–Crippen LogP) is 6.34. The molecule has 45 heavy (non-hydrogen) atoms. The lowest BCUT2D eigenvalue weighted by molar-refractivity contribution is -0.142. The summed E-state index contributed by atoms with van der Waals surface area (Å²) in [4.78, 5) is 42.6. The Morgan fingerprint density at radius 1 is 1.11 bits per heavy atom. The van der Waals surface area contributed by atoms with Gasteiger partial charge in [0.15, 0.2) is 5.13 Å². The zero-order valence-corrected chi connectivity index (χ0v) is 26.1. The van der Waals surface area contributed by atoms with E-state index in [4.69, 9.17) is 4.74 Å². The third-order valence-electron chi connectivity index (χ3n) is 8.29. The Morgan fingerprint density at radius 3 is 2.53 bits per heavy atom. The van der Waals surface area contributed by atoms with E-state index in [9.17, 15) is 27.9 Å². The summed E-state index contributed by atoms with van der Waals surface area (Å²) < 4.78 is 47.6. The Morgan fingerprint density at radius 2 is 1.89 bits per heavy atom. The molecule has 14 heteroatoms. The van der Waals surface area contributed by atoms with E-state index in [2.05, 4.69) is 32.1 Å². The summed E-state index contributed by atoms with van der Waals surface area (Å²) >= 11 is 1.23. The van der Waals surface area contributed by atoms with Crippen LogP contribution in [0.2, 0.25) is 0 Å². The quantitative estimate of drug-likeness (QED) is 0.246. The van der Waals surface area contributed by atoms with Crippen molar-refractivity contribution in [3.05, 3.63) is 46.7 Å². The topological polar surface area (TPSA) is 121 Å². The van der Waals surface area contributed by atoms with Crippen molar-refractivity contribution in [3.63, 3.8) is 0 Å². The maximum absolute atomic E-state index is 14.1. The summed E-state index contributed by atoms with van der Waals surface area (Å²) in [7, 11) is 0. The van der Waals surface area contributed by atoms with Gasteiger partial charge in [-0.15, -0.1) is 0 Å². The minimum atomic E-state index is -4.62. The minimum Gasteiger partial charge on any atom is -0.493 e. The number of aliphatic carboxylic acids is 1. The number of alkyl halides is 3. The Labute approximate surface area is 263 Å². The van der Waals surface area contributed by atoms with E-state index in [1.165, 1.54) is 29.8 Å². The first kappa shape index (κ1) is 32.6. The van der Waals surface area contributed by atoms with Crippen molar-refractivity contribution in [2.45, 2.75) is 71.1 Å². The molecule has 1 atom stereocenters. The SMILES string of the molecule is CCCOc1ccc(-c2nc(NC(=O)c3cnc(N4CCC(C(=O)O)CC4)cn3)sc2CN2CCC[C@H]2CC)cc1C(F)(F)F. The first-order valence-corrected chi connectivity index (χ1v) is 16.1. The van der Waals surface area contributed by atoms with Crippen molar-refractivity contribution < 1.29 is 32.6 Å². The van der Waals surface area contributed by atoms with E-state index in [-0.39, 0.29) is 29.1 Å². The minimum absolute atomic E-state index is 0.0554. The molecule has 4 heterocycles. The molecule has 0 aliphatic carbocycles. The first-order chi connectivity index (χ1) is 21.6. The molecule has 242 valence electrons. The average Bonchev–Trinajstić information content (AvgIpc) is 3.66. The van der Waals surface area contributed by atoms with Crippen LogP contribution in [-0.2, 0) is 17.5 Å². The number of hydrogen-bond acceptors (Lipinski definition) is 9. The summed E-state index contributed by atoms with van der Waals surface area (Å²) in [5.74, 6) is -1.39. The van der Waals surface area contributed by atoms with Crippen molar-refractivity contribution in [2.24, 2.45) is 5.92 Å². The number of amides is 1. The maximum Gasteiger partial charge on any atom is 0.419 e. The number of halogens is 3. The van der Waals surface area contributed by atoms with Crippen molar-refractivity contribution in [1.29, 1.82) is 0 Å². The molecule has 2 fully saturated rings. The highest BCUT2D eigenvalue weighted by molar-refractivity contribution is 7.16. The predicted molar refractivity (Wildman–Crippen MR) is 165 cm³/mol. The first-order valence-electron chi connectivity index (χ1n) is 15.3. The Hall–Kier alpha value is -3.78. The number of nitrogens with one attached hydrogen (secondary N) is 1. The van der Waals surface area contributed by atoms with E-state index in [1.54, 1.807) is 6.07 Å². The lowest BCUT2D eigenvalue weighted by atomic mass is 9.97. The smallest absolute Gasteiger partial charge is 0.419 e. The molecule has 10 nitrogen and oxygen atoms in total. The molecular formula is C31H37F3N6O4S. The molecule has 0 spiro atoms. The van der Waals surface area contributed by atoms with Crippen LogP contribution in [0.15, 0.2) is 30.6 Å². The number of ether oxygens (including phenoxy) is 1. The summed E-state index contributed by atoms with van der Waals surface area (Å²) in [5, 5.41) is 12.2. The fraction of sp³-hybridized carbons (Fsp3) is 0.516. The van der Waals surface area contributed by atoms with Crippen molar-refractivity contribution in [1.82, 2.24) is 19.9 Å². The van der Waals surface area contributed by atoms with Crippen LogP contribution >= 0.6 is 11.3 Å². The number of piperidine rings is 1. The second-order valence-electron chi connectivity index (χ2n) is 11.3. The van der Waals surface area contributed by atoms with Crippen molar-refractivity contribution in [3.8, 4) is 17.0 Å². The fourth-order valence-electron chi connectivity index (χ4n) is 5.84. The van der Waals surface area contributed by atoms with E-state index >= 15 is 0 Å². The lowest BCUT2D eigenvalue weighted by Gasteiger charge is -2.30. The second kappa shape index (κ2) is 14.1. The molecule has 2 aliphatic rings. The summed E-state index contributed by atoms with van der Waals surface area (Å²) in [6, 6.07) is 4.35. The van der Waals surface area contributed by atoms with Crippen LogP contribution in [0.1, 0.15) is 73.3 Å². The number of aromatic nitrogens is 3. The standard InChI is InChI=1S/C31H37F3N6O4S/c1-3-14-44-24-8-7-20(15-22(24)31(32,33)34)27-25(18-40-11-5-6-21(40)4-2)45-30(37-27)38-28(41)23-16-36-26(17-35-23)39-12-9-19(10-13-39)29(42)43/h7-8,15-17,19,21H,3-6,9-14,18H2,1-2H3,(H,42,43)(H,37,38,41)/t21-/m1/s1. The third kappa shape index (κ3) is 7.72. The number of likely N-dealkylation sites (tertiary alicyclic amines) is 1. The molecule has 5 rings (SSSR count). The molecule has 2 saturated heterocycles. The highest BCUT2D eigenvalue weighted by atomic mass is 32.1.